The number of benzene rings is 1. The number of rotatable bonds is 4. The third-order valence-electron chi connectivity index (χ3n) is 5.66. The van der Waals surface area contributed by atoms with Crippen molar-refractivity contribution in [2.45, 2.75) is 38.6 Å². The lowest BCUT2D eigenvalue weighted by Crippen LogP contribution is -2.45. The van der Waals surface area contributed by atoms with Gasteiger partial charge in [-0.1, -0.05) is 6.07 Å². The molecule has 1 aromatic rings. The Labute approximate surface area is 156 Å². The van der Waals surface area contributed by atoms with Gasteiger partial charge in [-0.05, 0) is 57.5 Å². The average molecular weight is 369 g/mol. The number of hydrogen-bond acceptors (Lipinski definition) is 4. The molecule has 0 aliphatic carbocycles. The highest BCUT2D eigenvalue weighted by atomic mass is 35.5. The summed E-state index contributed by atoms with van der Waals surface area (Å²) in [7, 11) is 3.30. The zero-order valence-electron chi connectivity index (χ0n) is 15.5. The quantitative estimate of drug-likeness (QED) is 0.887. The van der Waals surface area contributed by atoms with Crippen molar-refractivity contribution < 1.29 is 14.3 Å². The van der Waals surface area contributed by atoms with Crippen molar-refractivity contribution in [2.75, 3.05) is 33.9 Å². The molecule has 1 atom stereocenters. The summed E-state index contributed by atoms with van der Waals surface area (Å²) in [4.78, 5) is 15.3. The lowest BCUT2D eigenvalue weighted by molar-refractivity contribution is -0.139. The van der Waals surface area contributed by atoms with E-state index >= 15 is 0 Å². The first-order chi connectivity index (χ1) is 11.5. The highest BCUT2D eigenvalue weighted by molar-refractivity contribution is 5.87. The average Bonchev–Trinajstić information content (AvgIpc) is 2.88. The minimum absolute atomic E-state index is 0. The summed E-state index contributed by atoms with van der Waals surface area (Å²) >= 11 is 0. The smallest absolute Gasteiger partial charge is 0.229 e. The Bertz CT molecular complexity index is 615. The Morgan fingerprint density at radius 3 is 2.36 bits per heavy atom. The van der Waals surface area contributed by atoms with Crippen LogP contribution < -0.4 is 14.8 Å². The molecule has 1 aromatic carbocycles. The van der Waals surface area contributed by atoms with Gasteiger partial charge in [0.25, 0.3) is 0 Å². The van der Waals surface area contributed by atoms with Crippen LogP contribution in [0.1, 0.15) is 38.2 Å². The predicted octanol–water partition coefficient (Wildman–Crippen LogP) is 2.83. The SMILES string of the molecule is COc1ccc(C2CN(C(C)C)C(=O)C23CCNCC3)cc1OC.Cl. The van der Waals surface area contributed by atoms with Gasteiger partial charge in [0.2, 0.25) is 5.91 Å². The van der Waals surface area contributed by atoms with Gasteiger partial charge >= 0.3 is 0 Å². The number of nitrogens with one attached hydrogen (secondary N) is 1. The molecule has 5 nitrogen and oxygen atoms in total. The lowest BCUT2D eigenvalue weighted by Gasteiger charge is -2.37. The van der Waals surface area contributed by atoms with Gasteiger partial charge in [-0.2, -0.15) is 0 Å². The van der Waals surface area contributed by atoms with Crippen LogP contribution in [0, 0.1) is 5.41 Å². The molecule has 6 heteroatoms. The second-order valence-corrected chi connectivity index (χ2v) is 7.12. The molecule has 1 amide bonds. The van der Waals surface area contributed by atoms with Gasteiger partial charge in [-0.3, -0.25) is 4.79 Å². The molecule has 2 aliphatic heterocycles. The van der Waals surface area contributed by atoms with Crippen molar-refractivity contribution >= 4 is 18.3 Å². The zero-order valence-corrected chi connectivity index (χ0v) is 16.3. The Hall–Kier alpha value is -1.46. The number of methoxy groups -OCH3 is 2. The Kier molecular flexibility index (Phi) is 6.22. The summed E-state index contributed by atoms with van der Waals surface area (Å²) in [6.07, 6.45) is 1.79. The first kappa shape index (κ1) is 19.9. The van der Waals surface area contributed by atoms with Crippen LogP contribution in [-0.4, -0.2) is 50.7 Å². The maximum Gasteiger partial charge on any atom is 0.229 e. The normalized spacial score (nSPS) is 22.2. The second kappa shape index (κ2) is 7.83. The third-order valence-corrected chi connectivity index (χ3v) is 5.66. The second-order valence-electron chi connectivity index (χ2n) is 7.12. The molecular weight excluding hydrogens is 340 g/mol. The van der Waals surface area contributed by atoms with Gasteiger partial charge in [-0.15, -0.1) is 12.4 Å². The molecule has 0 radical (unpaired) electrons. The molecule has 2 saturated heterocycles. The van der Waals surface area contributed by atoms with Crippen LogP contribution in [-0.2, 0) is 4.79 Å². The molecule has 0 bridgehead atoms. The Balaban J connectivity index is 0.00000225. The van der Waals surface area contributed by atoms with Crippen LogP contribution in [0.3, 0.4) is 0 Å². The predicted molar refractivity (Wildman–Crippen MR) is 101 cm³/mol. The third kappa shape index (κ3) is 3.32. The molecule has 1 N–H and O–H groups in total. The summed E-state index contributed by atoms with van der Waals surface area (Å²) in [6.45, 7) is 6.79. The fourth-order valence-electron chi connectivity index (χ4n) is 4.26. The largest absolute Gasteiger partial charge is 0.493 e. The van der Waals surface area contributed by atoms with Crippen molar-refractivity contribution in [1.29, 1.82) is 0 Å². The molecule has 3 rings (SSSR count). The highest BCUT2D eigenvalue weighted by Crippen LogP contribution is 2.51. The van der Waals surface area contributed by atoms with Gasteiger partial charge in [0, 0.05) is 18.5 Å². The summed E-state index contributed by atoms with van der Waals surface area (Å²) in [5, 5.41) is 3.40. The summed E-state index contributed by atoms with van der Waals surface area (Å²) < 4.78 is 10.8. The maximum atomic E-state index is 13.2. The number of hydrogen-bond donors (Lipinski definition) is 1. The molecule has 140 valence electrons. The number of ether oxygens (including phenoxy) is 2. The minimum atomic E-state index is -0.283. The fraction of sp³-hybridized carbons (Fsp3) is 0.632. The van der Waals surface area contributed by atoms with E-state index in [2.05, 4.69) is 25.2 Å². The van der Waals surface area contributed by atoms with Gasteiger partial charge < -0.3 is 19.7 Å². The number of nitrogens with zero attached hydrogens (tertiary/aromatic N) is 1. The van der Waals surface area contributed by atoms with Gasteiger partial charge in [-0.25, -0.2) is 0 Å². The van der Waals surface area contributed by atoms with Crippen molar-refractivity contribution in [2.24, 2.45) is 5.41 Å². The van der Waals surface area contributed by atoms with E-state index in [1.807, 2.05) is 17.0 Å². The van der Waals surface area contributed by atoms with Crippen LogP contribution in [0.15, 0.2) is 18.2 Å². The number of carbonyl (C=O) groups is 1. The van der Waals surface area contributed by atoms with Crippen LogP contribution in [0.2, 0.25) is 0 Å². The molecule has 1 unspecified atom stereocenters. The molecule has 25 heavy (non-hydrogen) atoms. The number of halogens is 1. The van der Waals surface area contributed by atoms with Crippen molar-refractivity contribution in [3.63, 3.8) is 0 Å². The van der Waals surface area contributed by atoms with Crippen molar-refractivity contribution in [1.82, 2.24) is 10.2 Å². The van der Waals surface area contributed by atoms with Crippen molar-refractivity contribution in [3.05, 3.63) is 23.8 Å². The van der Waals surface area contributed by atoms with Crippen molar-refractivity contribution in [3.8, 4) is 11.5 Å². The Morgan fingerprint density at radius 1 is 1.16 bits per heavy atom. The minimum Gasteiger partial charge on any atom is -0.493 e. The molecular formula is C19H29ClN2O3. The van der Waals surface area contributed by atoms with Gasteiger partial charge in [0.05, 0.1) is 19.6 Å². The first-order valence-corrected chi connectivity index (χ1v) is 8.77. The number of likely N-dealkylation sites (tertiary alicyclic amines) is 1. The van der Waals surface area contributed by atoms with Gasteiger partial charge in [0.1, 0.15) is 0 Å². The molecule has 2 heterocycles. The Morgan fingerprint density at radius 2 is 1.80 bits per heavy atom. The van der Waals surface area contributed by atoms with Crippen LogP contribution in [0.4, 0.5) is 0 Å². The van der Waals surface area contributed by atoms with Crippen LogP contribution >= 0.6 is 12.4 Å². The van der Waals surface area contributed by atoms with E-state index in [1.165, 1.54) is 5.56 Å². The molecule has 1 spiro atoms. The first-order valence-electron chi connectivity index (χ1n) is 8.77. The lowest BCUT2D eigenvalue weighted by atomic mass is 9.68. The van der Waals surface area contributed by atoms with E-state index in [0.29, 0.717) is 5.91 Å². The zero-order chi connectivity index (χ0) is 17.3. The van der Waals surface area contributed by atoms with E-state index in [1.54, 1.807) is 14.2 Å². The molecule has 2 fully saturated rings. The maximum absolute atomic E-state index is 13.2. The van der Waals surface area contributed by atoms with E-state index in [4.69, 9.17) is 9.47 Å². The highest BCUT2D eigenvalue weighted by Gasteiger charge is 2.54. The molecule has 2 aliphatic rings. The van der Waals surface area contributed by atoms with E-state index in [0.717, 1.165) is 44.0 Å². The summed E-state index contributed by atoms with van der Waals surface area (Å²) in [5.74, 6) is 1.98. The summed E-state index contributed by atoms with van der Waals surface area (Å²) in [5.41, 5.74) is 0.890. The molecule has 0 aromatic heterocycles. The summed E-state index contributed by atoms with van der Waals surface area (Å²) in [6, 6.07) is 6.32. The standard InChI is InChI=1S/C19H28N2O3.ClH/c1-13(2)21-12-15(19(18(21)22)7-9-20-10-8-19)14-5-6-16(23-3)17(11-14)24-4;/h5-6,11,13,15,20H,7-10,12H2,1-4H3;1H. The fourth-order valence-corrected chi connectivity index (χ4v) is 4.26. The number of carbonyl (C=O) groups excluding carboxylic acids is 1. The number of piperidine rings is 1. The number of amides is 1. The van der Waals surface area contributed by atoms with Gasteiger partial charge in [0.15, 0.2) is 11.5 Å². The van der Waals surface area contributed by atoms with E-state index in [9.17, 15) is 4.79 Å². The molecule has 0 saturated carbocycles. The van der Waals surface area contributed by atoms with E-state index in [-0.39, 0.29) is 29.8 Å². The van der Waals surface area contributed by atoms with Crippen LogP contribution in [0.5, 0.6) is 11.5 Å². The topological polar surface area (TPSA) is 50.8 Å². The van der Waals surface area contributed by atoms with Crippen LogP contribution in [0.25, 0.3) is 0 Å². The van der Waals surface area contributed by atoms with E-state index < -0.39 is 0 Å². The monoisotopic (exact) mass is 368 g/mol.